The molecule has 7 nitrogen and oxygen atoms in total. The van der Waals surface area contributed by atoms with Gasteiger partial charge in [-0.2, -0.15) is 4.98 Å². The van der Waals surface area contributed by atoms with E-state index >= 15 is 0 Å². The first-order chi connectivity index (χ1) is 15.5. The fourth-order valence-corrected chi connectivity index (χ4v) is 3.17. The second-order valence-electron chi connectivity index (χ2n) is 6.88. The molecule has 0 unspecified atom stereocenters. The van der Waals surface area contributed by atoms with Crippen molar-refractivity contribution in [2.45, 2.75) is 13.0 Å². The molecule has 0 radical (unpaired) electrons. The number of rotatable bonds is 7. The van der Waals surface area contributed by atoms with E-state index in [-0.39, 0.29) is 11.8 Å². The van der Waals surface area contributed by atoms with E-state index < -0.39 is 6.10 Å². The third kappa shape index (κ3) is 4.73. The molecule has 1 atom stereocenters. The lowest BCUT2D eigenvalue weighted by atomic mass is 10.1. The molecule has 1 heterocycles. The molecule has 162 valence electrons. The number of carbonyl (C=O) groups is 1. The highest BCUT2D eigenvalue weighted by molar-refractivity contribution is 6.32. The third-order valence-corrected chi connectivity index (χ3v) is 5.01. The number of benzene rings is 3. The number of aromatic nitrogens is 2. The summed E-state index contributed by atoms with van der Waals surface area (Å²) in [6.07, 6.45) is -0.777. The number of para-hydroxylation sites is 2. The van der Waals surface area contributed by atoms with Gasteiger partial charge >= 0.3 is 0 Å². The van der Waals surface area contributed by atoms with Crippen LogP contribution in [-0.4, -0.2) is 29.3 Å². The van der Waals surface area contributed by atoms with Crippen LogP contribution in [0.1, 0.15) is 6.92 Å². The summed E-state index contributed by atoms with van der Waals surface area (Å²) in [7, 11) is 1.60. The number of hydrogen-bond acceptors (Lipinski definition) is 6. The Hall–Kier alpha value is -3.84. The van der Waals surface area contributed by atoms with Crippen molar-refractivity contribution in [1.82, 2.24) is 10.1 Å². The number of methoxy groups -OCH3 is 1. The Bertz CT molecular complexity index is 1220. The van der Waals surface area contributed by atoms with Gasteiger partial charge in [-0.3, -0.25) is 4.79 Å². The third-order valence-electron chi connectivity index (χ3n) is 4.70. The first-order valence-corrected chi connectivity index (χ1v) is 10.2. The number of hydrogen-bond donors (Lipinski definition) is 1. The van der Waals surface area contributed by atoms with Gasteiger partial charge in [0.15, 0.2) is 6.10 Å². The van der Waals surface area contributed by atoms with Gasteiger partial charge in [0.1, 0.15) is 11.5 Å². The molecule has 4 rings (SSSR count). The average molecular weight is 450 g/mol. The van der Waals surface area contributed by atoms with Crippen LogP contribution in [0.4, 0.5) is 5.69 Å². The van der Waals surface area contributed by atoms with Crippen LogP contribution in [0.15, 0.2) is 77.3 Å². The average Bonchev–Trinajstić information content (AvgIpc) is 3.31. The van der Waals surface area contributed by atoms with Crippen molar-refractivity contribution in [1.29, 1.82) is 0 Å². The summed E-state index contributed by atoms with van der Waals surface area (Å²) in [6.45, 7) is 1.65. The highest BCUT2D eigenvalue weighted by Crippen LogP contribution is 2.30. The highest BCUT2D eigenvalue weighted by atomic mass is 35.5. The zero-order valence-corrected chi connectivity index (χ0v) is 18.2. The smallest absolute Gasteiger partial charge is 0.265 e. The van der Waals surface area contributed by atoms with Crippen molar-refractivity contribution in [2.24, 2.45) is 0 Å². The second-order valence-corrected chi connectivity index (χ2v) is 7.28. The van der Waals surface area contributed by atoms with Gasteiger partial charge in [-0.25, -0.2) is 0 Å². The molecule has 0 bridgehead atoms. The van der Waals surface area contributed by atoms with Crippen LogP contribution >= 0.6 is 11.6 Å². The van der Waals surface area contributed by atoms with E-state index in [9.17, 15) is 4.79 Å². The maximum atomic E-state index is 12.7. The van der Waals surface area contributed by atoms with Gasteiger partial charge < -0.3 is 19.3 Å². The van der Waals surface area contributed by atoms with E-state index in [4.69, 9.17) is 25.6 Å². The van der Waals surface area contributed by atoms with E-state index in [0.29, 0.717) is 27.8 Å². The summed E-state index contributed by atoms with van der Waals surface area (Å²) < 4.78 is 16.3. The maximum Gasteiger partial charge on any atom is 0.265 e. The molecular weight excluding hydrogens is 430 g/mol. The van der Waals surface area contributed by atoms with E-state index in [1.807, 2.05) is 30.3 Å². The summed E-state index contributed by atoms with van der Waals surface area (Å²) in [6, 6.07) is 21.5. The van der Waals surface area contributed by atoms with Gasteiger partial charge in [0.2, 0.25) is 5.82 Å². The molecule has 0 spiro atoms. The van der Waals surface area contributed by atoms with Gasteiger partial charge in [-0.05, 0) is 55.5 Å². The van der Waals surface area contributed by atoms with Gasteiger partial charge in [0.25, 0.3) is 11.8 Å². The quantitative estimate of drug-likeness (QED) is 0.402. The zero-order valence-electron chi connectivity index (χ0n) is 17.4. The Morgan fingerprint density at radius 3 is 2.50 bits per heavy atom. The molecule has 1 aromatic heterocycles. The van der Waals surface area contributed by atoms with Gasteiger partial charge in [-0.1, -0.05) is 41.0 Å². The monoisotopic (exact) mass is 449 g/mol. The van der Waals surface area contributed by atoms with Crippen LogP contribution in [0.3, 0.4) is 0 Å². The standard InChI is InChI=1S/C24H20ClN3O4/c1-15(31-21-10-6-4-8-19(21)25)23(29)26-20-9-5-3-7-18(20)24-27-22(28-32-24)16-11-13-17(30-2)14-12-16/h3-15H,1-2H3,(H,26,29)/t15-/m1/s1. The Kier molecular flexibility index (Phi) is 6.37. The summed E-state index contributed by atoms with van der Waals surface area (Å²) >= 11 is 6.12. The predicted molar refractivity (Wildman–Crippen MR) is 122 cm³/mol. The van der Waals surface area contributed by atoms with Crippen molar-refractivity contribution >= 4 is 23.2 Å². The van der Waals surface area contributed by atoms with Crippen LogP contribution in [0.25, 0.3) is 22.8 Å². The summed E-state index contributed by atoms with van der Waals surface area (Å²) in [5.41, 5.74) is 1.90. The number of ether oxygens (including phenoxy) is 2. The Balaban J connectivity index is 1.52. The molecule has 8 heteroatoms. The topological polar surface area (TPSA) is 86.5 Å². The van der Waals surface area contributed by atoms with E-state index in [1.54, 1.807) is 56.5 Å². The minimum atomic E-state index is -0.777. The number of anilines is 1. The summed E-state index contributed by atoms with van der Waals surface area (Å²) in [5, 5.41) is 7.36. The fourth-order valence-electron chi connectivity index (χ4n) is 2.99. The maximum absolute atomic E-state index is 12.7. The zero-order chi connectivity index (χ0) is 22.5. The molecular formula is C24H20ClN3O4. The van der Waals surface area contributed by atoms with E-state index in [1.165, 1.54) is 0 Å². The van der Waals surface area contributed by atoms with Gasteiger partial charge in [0.05, 0.1) is 23.4 Å². The molecule has 32 heavy (non-hydrogen) atoms. The van der Waals surface area contributed by atoms with Crippen LogP contribution in [-0.2, 0) is 4.79 Å². The number of carbonyl (C=O) groups excluding carboxylic acids is 1. The fraction of sp³-hybridized carbons (Fsp3) is 0.125. The Labute approximate surface area is 189 Å². The number of nitrogens with zero attached hydrogens (tertiary/aromatic N) is 2. The predicted octanol–water partition coefficient (Wildman–Crippen LogP) is 5.47. The summed E-state index contributed by atoms with van der Waals surface area (Å²) in [5.74, 6) is 1.54. The minimum Gasteiger partial charge on any atom is -0.497 e. The lowest BCUT2D eigenvalue weighted by Crippen LogP contribution is -2.30. The lowest BCUT2D eigenvalue weighted by Gasteiger charge is -2.16. The van der Waals surface area contributed by atoms with Crippen LogP contribution in [0.5, 0.6) is 11.5 Å². The van der Waals surface area contributed by atoms with E-state index in [2.05, 4.69) is 15.5 Å². The number of halogens is 1. The molecule has 1 N–H and O–H groups in total. The van der Waals surface area contributed by atoms with Crippen molar-refractivity contribution in [3.63, 3.8) is 0 Å². The summed E-state index contributed by atoms with van der Waals surface area (Å²) in [4.78, 5) is 17.2. The highest BCUT2D eigenvalue weighted by Gasteiger charge is 2.20. The molecule has 3 aromatic carbocycles. The van der Waals surface area contributed by atoms with Gasteiger partial charge in [-0.15, -0.1) is 0 Å². The first-order valence-electron chi connectivity index (χ1n) is 9.84. The molecule has 4 aromatic rings. The largest absolute Gasteiger partial charge is 0.497 e. The molecule has 0 aliphatic carbocycles. The molecule has 0 aliphatic rings. The first kappa shape index (κ1) is 21.4. The van der Waals surface area contributed by atoms with Crippen molar-refractivity contribution in [3.8, 4) is 34.3 Å². The molecule has 0 saturated heterocycles. The van der Waals surface area contributed by atoms with Crippen molar-refractivity contribution < 1.29 is 18.8 Å². The van der Waals surface area contributed by atoms with Crippen molar-refractivity contribution in [2.75, 3.05) is 12.4 Å². The molecule has 1 amide bonds. The molecule has 0 aliphatic heterocycles. The minimum absolute atomic E-state index is 0.284. The lowest BCUT2D eigenvalue weighted by molar-refractivity contribution is -0.122. The van der Waals surface area contributed by atoms with Crippen LogP contribution < -0.4 is 14.8 Å². The number of amides is 1. The van der Waals surface area contributed by atoms with Crippen molar-refractivity contribution in [3.05, 3.63) is 77.8 Å². The normalized spacial score (nSPS) is 11.6. The van der Waals surface area contributed by atoms with E-state index in [0.717, 1.165) is 11.3 Å². The molecule has 0 fully saturated rings. The Morgan fingerprint density at radius 1 is 1.03 bits per heavy atom. The second kappa shape index (κ2) is 9.53. The van der Waals surface area contributed by atoms with Crippen LogP contribution in [0, 0.1) is 0 Å². The van der Waals surface area contributed by atoms with Crippen LogP contribution in [0.2, 0.25) is 5.02 Å². The van der Waals surface area contributed by atoms with Gasteiger partial charge in [0, 0.05) is 5.56 Å². The molecule has 0 saturated carbocycles. The Morgan fingerprint density at radius 2 is 1.75 bits per heavy atom. The SMILES string of the molecule is COc1ccc(-c2noc(-c3ccccc3NC(=O)[C@@H](C)Oc3ccccc3Cl)n2)cc1. The number of nitrogens with one attached hydrogen (secondary N) is 1.